The van der Waals surface area contributed by atoms with Crippen molar-refractivity contribution >= 4 is 46.5 Å². The van der Waals surface area contributed by atoms with Crippen LogP contribution >= 0.6 is 34.9 Å². The van der Waals surface area contributed by atoms with E-state index < -0.39 is 0 Å². The predicted octanol–water partition coefficient (Wildman–Crippen LogP) is 4.11. The number of nitrogens with one attached hydrogen (secondary N) is 1. The Kier molecular flexibility index (Phi) is 6.08. The van der Waals surface area contributed by atoms with E-state index >= 15 is 0 Å². The molecule has 0 saturated carbocycles. The van der Waals surface area contributed by atoms with Crippen molar-refractivity contribution in [2.45, 2.75) is 28.4 Å². The minimum Gasteiger partial charge on any atom is -0.325 e. The van der Waals surface area contributed by atoms with Crippen molar-refractivity contribution in [3.8, 4) is 0 Å². The molecule has 1 aromatic carbocycles. The summed E-state index contributed by atoms with van der Waals surface area (Å²) in [6.07, 6.45) is 1.96. The van der Waals surface area contributed by atoms with Gasteiger partial charge in [-0.3, -0.25) is 4.79 Å². The number of benzene rings is 1. The Hall–Kier alpha value is -1.05. The van der Waals surface area contributed by atoms with Crippen molar-refractivity contribution in [1.29, 1.82) is 0 Å². The molecule has 4 nitrogen and oxygen atoms in total. The van der Waals surface area contributed by atoms with Gasteiger partial charge in [0, 0.05) is 5.69 Å². The van der Waals surface area contributed by atoms with Crippen LogP contribution in [0.15, 0.2) is 32.9 Å². The molecule has 0 unspecified atom stereocenters. The zero-order valence-corrected chi connectivity index (χ0v) is 14.6. The molecule has 2 aromatic rings. The number of rotatable bonds is 6. The molecule has 7 heteroatoms. The summed E-state index contributed by atoms with van der Waals surface area (Å²) in [7, 11) is 0. The van der Waals surface area contributed by atoms with E-state index in [-0.39, 0.29) is 5.91 Å². The van der Waals surface area contributed by atoms with Crippen LogP contribution in [-0.4, -0.2) is 28.1 Å². The second kappa shape index (κ2) is 7.82. The molecule has 1 heterocycles. The van der Waals surface area contributed by atoms with Gasteiger partial charge >= 0.3 is 0 Å². The lowest BCUT2D eigenvalue weighted by Crippen LogP contribution is -2.14. The van der Waals surface area contributed by atoms with E-state index in [0.717, 1.165) is 14.4 Å². The van der Waals surface area contributed by atoms with E-state index in [0.29, 0.717) is 11.7 Å². The Morgan fingerprint density at radius 1 is 1.33 bits per heavy atom. The zero-order valence-electron chi connectivity index (χ0n) is 12.1. The highest BCUT2D eigenvalue weighted by molar-refractivity contribution is 8.03. The average molecular weight is 340 g/mol. The maximum atomic E-state index is 12.0. The van der Waals surface area contributed by atoms with E-state index in [2.05, 4.69) is 35.4 Å². The molecule has 0 radical (unpaired) electrons. The molecular formula is C14H17N3OS3. The van der Waals surface area contributed by atoms with Gasteiger partial charge in [0.2, 0.25) is 5.91 Å². The van der Waals surface area contributed by atoms with Gasteiger partial charge in [0.05, 0.1) is 5.75 Å². The molecule has 0 bridgehead atoms. The van der Waals surface area contributed by atoms with Crippen LogP contribution in [0.1, 0.15) is 25.3 Å². The summed E-state index contributed by atoms with van der Waals surface area (Å²) in [5.41, 5.74) is 2.06. The van der Waals surface area contributed by atoms with Crippen molar-refractivity contribution in [1.82, 2.24) is 10.2 Å². The lowest BCUT2D eigenvalue weighted by molar-refractivity contribution is -0.113. The molecule has 112 valence electrons. The first kappa shape index (κ1) is 16.3. The third-order valence-electron chi connectivity index (χ3n) is 2.73. The highest BCUT2D eigenvalue weighted by atomic mass is 32.2. The van der Waals surface area contributed by atoms with E-state index in [9.17, 15) is 4.79 Å². The fourth-order valence-corrected chi connectivity index (χ4v) is 3.88. The molecule has 0 fully saturated rings. The molecule has 21 heavy (non-hydrogen) atoms. The van der Waals surface area contributed by atoms with Crippen LogP contribution in [0, 0.1) is 0 Å². The highest BCUT2D eigenvalue weighted by Crippen LogP contribution is 2.27. The second-order valence-corrected chi connectivity index (χ2v) is 7.91. The molecule has 0 atom stereocenters. The molecule has 0 spiro atoms. The summed E-state index contributed by atoms with van der Waals surface area (Å²) in [4.78, 5) is 12.0. The van der Waals surface area contributed by atoms with Gasteiger partial charge in [-0.05, 0) is 29.9 Å². The number of carbonyl (C=O) groups is 1. The maximum Gasteiger partial charge on any atom is 0.234 e. The van der Waals surface area contributed by atoms with Crippen molar-refractivity contribution in [3.05, 3.63) is 29.8 Å². The van der Waals surface area contributed by atoms with Crippen LogP contribution in [0.3, 0.4) is 0 Å². The molecule has 1 amide bonds. The average Bonchev–Trinajstić information content (AvgIpc) is 2.93. The van der Waals surface area contributed by atoms with Gasteiger partial charge in [0.25, 0.3) is 0 Å². The first-order valence-electron chi connectivity index (χ1n) is 6.48. The monoisotopic (exact) mass is 339 g/mol. The molecule has 2 rings (SSSR count). The summed E-state index contributed by atoms with van der Waals surface area (Å²) >= 11 is 4.49. The van der Waals surface area contributed by atoms with Crippen LogP contribution in [0.25, 0.3) is 0 Å². The highest BCUT2D eigenvalue weighted by Gasteiger charge is 2.08. The molecule has 1 aromatic heterocycles. The summed E-state index contributed by atoms with van der Waals surface area (Å²) in [5.74, 6) is 0.763. The number of carbonyl (C=O) groups excluding carboxylic acids is 1. The Balaban J connectivity index is 1.88. The topological polar surface area (TPSA) is 54.9 Å². The van der Waals surface area contributed by atoms with E-state index in [1.54, 1.807) is 11.8 Å². The van der Waals surface area contributed by atoms with Gasteiger partial charge in [-0.25, -0.2) is 0 Å². The molecule has 0 saturated heterocycles. The zero-order chi connectivity index (χ0) is 15.2. The van der Waals surface area contributed by atoms with Gasteiger partial charge < -0.3 is 5.32 Å². The van der Waals surface area contributed by atoms with Gasteiger partial charge in [-0.15, -0.1) is 10.2 Å². The number of aromatic nitrogens is 2. The van der Waals surface area contributed by atoms with Crippen molar-refractivity contribution in [2.24, 2.45) is 0 Å². The summed E-state index contributed by atoms with van der Waals surface area (Å²) in [5, 5.41) is 11.0. The quantitative estimate of drug-likeness (QED) is 0.803. The van der Waals surface area contributed by atoms with Crippen molar-refractivity contribution in [2.75, 3.05) is 17.3 Å². The summed E-state index contributed by atoms with van der Waals surface area (Å²) in [6, 6.07) is 7.96. The number of hydrogen-bond acceptors (Lipinski definition) is 6. The second-order valence-electron chi connectivity index (χ2n) is 4.66. The van der Waals surface area contributed by atoms with Crippen LogP contribution in [0.2, 0.25) is 0 Å². The van der Waals surface area contributed by atoms with Crippen LogP contribution in [-0.2, 0) is 4.79 Å². The van der Waals surface area contributed by atoms with Crippen LogP contribution in [0.5, 0.6) is 0 Å². The molecule has 0 aliphatic rings. The molecular weight excluding hydrogens is 322 g/mol. The maximum absolute atomic E-state index is 12.0. The van der Waals surface area contributed by atoms with Crippen molar-refractivity contribution in [3.63, 3.8) is 0 Å². The summed E-state index contributed by atoms with van der Waals surface area (Å²) in [6.45, 7) is 4.27. The number of nitrogens with zero attached hydrogens (tertiary/aromatic N) is 2. The number of amides is 1. The lowest BCUT2D eigenvalue weighted by atomic mass is 10.0. The third-order valence-corrected chi connectivity index (χ3v) is 5.76. The Labute approximate surface area is 137 Å². The van der Waals surface area contributed by atoms with Gasteiger partial charge in [-0.2, -0.15) is 0 Å². The fourth-order valence-electron chi connectivity index (χ4n) is 1.64. The first-order valence-corrected chi connectivity index (χ1v) is 9.51. The predicted molar refractivity (Wildman–Crippen MR) is 91.6 cm³/mol. The Bertz CT molecular complexity index is 613. The van der Waals surface area contributed by atoms with Crippen LogP contribution < -0.4 is 5.32 Å². The Morgan fingerprint density at radius 2 is 2.10 bits per heavy atom. The number of hydrogen-bond donors (Lipinski definition) is 1. The first-order chi connectivity index (χ1) is 10.1. The van der Waals surface area contributed by atoms with Crippen molar-refractivity contribution < 1.29 is 4.79 Å². The van der Waals surface area contributed by atoms with E-state index in [1.165, 1.54) is 28.7 Å². The molecule has 1 N–H and O–H groups in total. The fraction of sp³-hybridized carbons (Fsp3) is 0.357. The van der Waals surface area contributed by atoms with E-state index in [4.69, 9.17) is 0 Å². The Morgan fingerprint density at radius 3 is 2.76 bits per heavy atom. The lowest BCUT2D eigenvalue weighted by Gasteiger charge is -2.09. The van der Waals surface area contributed by atoms with Gasteiger partial charge in [-0.1, -0.05) is 60.8 Å². The van der Waals surface area contributed by atoms with Gasteiger partial charge in [0.1, 0.15) is 0 Å². The smallest absolute Gasteiger partial charge is 0.234 e. The number of anilines is 1. The van der Waals surface area contributed by atoms with Gasteiger partial charge in [0.15, 0.2) is 8.68 Å². The normalized spacial score (nSPS) is 10.9. The van der Waals surface area contributed by atoms with Crippen LogP contribution in [0.4, 0.5) is 5.69 Å². The minimum absolute atomic E-state index is 0.0261. The SMILES string of the molecule is CSc1nnc(SCC(=O)Nc2cccc(C(C)C)c2)s1. The summed E-state index contributed by atoms with van der Waals surface area (Å²) < 4.78 is 1.74. The minimum atomic E-state index is -0.0261. The standard InChI is InChI=1S/C14H17N3OS3/c1-9(2)10-5-4-6-11(7-10)15-12(18)8-20-14-17-16-13(19-3)21-14/h4-7,9H,8H2,1-3H3,(H,15,18). The largest absolute Gasteiger partial charge is 0.325 e. The third kappa shape index (κ3) is 5.01. The molecule has 0 aliphatic heterocycles. The number of thioether (sulfide) groups is 2. The van der Waals surface area contributed by atoms with E-state index in [1.807, 2.05) is 24.5 Å². The molecule has 0 aliphatic carbocycles.